The van der Waals surface area contributed by atoms with Crippen molar-refractivity contribution in [3.05, 3.63) is 22.4 Å². The number of rotatable bonds is 5. The van der Waals surface area contributed by atoms with Crippen LogP contribution in [0.4, 0.5) is 0 Å². The molecular weight excluding hydrogens is 389 g/mol. The van der Waals surface area contributed by atoms with Crippen molar-refractivity contribution in [3.63, 3.8) is 0 Å². The Morgan fingerprint density at radius 2 is 1.92 bits per heavy atom. The molecule has 0 aromatic carbocycles. The first kappa shape index (κ1) is 22.0. The summed E-state index contributed by atoms with van der Waals surface area (Å²) in [5, 5.41) is 5.39. The zero-order valence-electron chi connectivity index (χ0n) is 15.1. The Morgan fingerprint density at radius 3 is 2.54 bits per heavy atom. The molecule has 0 radical (unpaired) electrons. The van der Waals surface area contributed by atoms with Crippen LogP contribution in [0, 0.1) is 23.7 Å². The largest absolute Gasteiger partial charge is 0.356 e. The topological polar surface area (TPSA) is 58.4 Å². The van der Waals surface area contributed by atoms with Gasteiger partial charge < -0.3 is 11.1 Å². The highest BCUT2D eigenvalue weighted by Gasteiger charge is 2.49. The fourth-order valence-corrected chi connectivity index (χ4v) is 5.81. The van der Waals surface area contributed by atoms with E-state index in [1.54, 1.807) is 0 Å². The van der Waals surface area contributed by atoms with E-state index in [1.165, 1.54) is 37.0 Å². The summed E-state index contributed by atoms with van der Waals surface area (Å²) in [6.45, 7) is 4.21. The van der Waals surface area contributed by atoms with Crippen LogP contribution in [-0.2, 0) is 11.3 Å². The van der Waals surface area contributed by atoms with E-state index in [0.717, 1.165) is 26.2 Å². The molecule has 2 aliphatic carbocycles. The molecule has 2 heterocycles. The van der Waals surface area contributed by atoms with E-state index in [0.29, 0.717) is 17.8 Å². The molecule has 2 bridgehead atoms. The van der Waals surface area contributed by atoms with E-state index in [4.69, 9.17) is 5.73 Å². The Morgan fingerprint density at radius 1 is 1.19 bits per heavy atom. The molecule has 3 N–H and O–H groups in total. The van der Waals surface area contributed by atoms with Gasteiger partial charge in [0.15, 0.2) is 0 Å². The highest BCUT2D eigenvalue weighted by atomic mass is 35.5. The molecule has 4 unspecified atom stereocenters. The number of piperidine rings is 1. The SMILES string of the molecule is Cl.Cl.NC1C2CCC(C2)C1C(=O)NCC1CCN(Cc2cccs2)CC1. The monoisotopic (exact) mass is 419 g/mol. The average Bonchev–Trinajstić information content (AvgIpc) is 3.31. The molecule has 4 rings (SSSR count). The lowest BCUT2D eigenvalue weighted by molar-refractivity contribution is -0.127. The third-order valence-corrected chi connectivity index (χ3v) is 7.38. The Kier molecular flexibility index (Phi) is 8.23. The number of hydrogen-bond donors (Lipinski definition) is 2. The molecule has 2 saturated carbocycles. The van der Waals surface area contributed by atoms with Crippen LogP contribution in [0.2, 0.25) is 0 Å². The lowest BCUT2D eigenvalue weighted by Crippen LogP contribution is -2.47. The maximum atomic E-state index is 12.6. The minimum Gasteiger partial charge on any atom is -0.356 e. The number of thiophene rings is 1. The predicted octanol–water partition coefficient (Wildman–Crippen LogP) is 3.29. The summed E-state index contributed by atoms with van der Waals surface area (Å²) in [6.07, 6.45) is 6.00. The van der Waals surface area contributed by atoms with Crippen molar-refractivity contribution in [2.24, 2.45) is 29.4 Å². The molecule has 26 heavy (non-hydrogen) atoms. The van der Waals surface area contributed by atoms with Crippen LogP contribution in [-0.4, -0.2) is 36.5 Å². The van der Waals surface area contributed by atoms with Crippen molar-refractivity contribution >= 4 is 42.1 Å². The summed E-state index contributed by atoms with van der Waals surface area (Å²) in [6, 6.07) is 4.45. The molecule has 1 aromatic heterocycles. The van der Waals surface area contributed by atoms with E-state index < -0.39 is 0 Å². The quantitative estimate of drug-likeness (QED) is 0.769. The zero-order valence-corrected chi connectivity index (χ0v) is 17.6. The van der Waals surface area contributed by atoms with Crippen LogP contribution < -0.4 is 11.1 Å². The van der Waals surface area contributed by atoms with Gasteiger partial charge in [0.1, 0.15) is 0 Å². The average molecular weight is 420 g/mol. The fraction of sp³-hybridized carbons (Fsp3) is 0.737. The summed E-state index contributed by atoms with van der Waals surface area (Å²) < 4.78 is 0. The molecule has 3 fully saturated rings. The van der Waals surface area contributed by atoms with Gasteiger partial charge in [-0.2, -0.15) is 0 Å². The van der Waals surface area contributed by atoms with E-state index in [2.05, 4.69) is 27.7 Å². The van der Waals surface area contributed by atoms with Gasteiger partial charge in [-0.05, 0) is 74.4 Å². The van der Waals surface area contributed by atoms with E-state index in [1.807, 2.05) is 11.3 Å². The second-order valence-corrected chi connectivity index (χ2v) is 9.01. The fourth-order valence-electron chi connectivity index (χ4n) is 5.06. The number of hydrogen-bond acceptors (Lipinski definition) is 4. The molecule has 148 valence electrons. The number of likely N-dealkylation sites (tertiary alicyclic amines) is 1. The minimum atomic E-state index is 0. The van der Waals surface area contributed by atoms with Crippen molar-refractivity contribution in [1.29, 1.82) is 0 Å². The third kappa shape index (κ3) is 4.74. The zero-order chi connectivity index (χ0) is 16.5. The van der Waals surface area contributed by atoms with Gasteiger partial charge in [0, 0.05) is 24.0 Å². The van der Waals surface area contributed by atoms with Crippen LogP contribution in [0.1, 0.15) is 37.0 Å². The summed E-state index contributed by atoms with van der Waals surface area (Å²) in [7, 11) is 0. The lowest BCUT2D eigenvalue weighted by atomic mass is 9.84. The molecule has 1 aliphatic heterocycles. The summed E-state index contributed by atoms with van der Waals surface area (Å²) >= 11 is 1.84. The van der Waals surface area contributed by atoms with Crippen LogP contribution in [0.25, 0.3) is 0 Å². The van der Waals surface area contributed by atoms with Crippen LogP contribution in [0.5, 0.6) is 0 Å². The van der Waals surface area contributed by atoms with Crippen LogP contribution >= 0.6 is 36.2 Å². The van der Waals surface area contributed by atoms with E-state index in [-0.39, 0.29) is 42.7 Å². The van der Waals surface area contributed by atoms with Gasteiger partial charge in [-0.1, -0.05) is 6.07 Å². The lowest BCUT2D eigenvalue weighted by Gasteiger charge is -2.32. The maximum absolute atomic E-state index is 12.6. The van der Waals surface area contributed by atoms with Gasteiger partial charge in [0.2, 0.25) is 5.91 Å². The van der Waals surface area contributed by atoms with Crippen molar-refractivity contribution in [2.45, 2.75) is 44.7 Å². The van der Waals surface area contributed by atoms with Crippen LogP contribution in [0.15, 0.2) is 17.5 Å². The molecule has 4 atom stereocenters. The number of halogens is 2. The van der Waals surface area contributed by atoms with Gasteiger partial charge in [0.25, 0.3) is 0 Å². The van der Waals surface area contributed by atoms with E-state index >= 15 is 0 Å². The summed E-state index contributed by atoms with van der Waals surface area (Å²) in [4.78, 5) is 16.6. The first-order chi connectivity index (χ1) is 11.7. The van der Waals surface area contributed by atoms with Gasteiger partial charge in [-0.15, -0.1) is 36.2 Å². The smallest absolute Gasteiger partial charge is 0.224 e. The molecule has 3 aliphatic rings. The van der Waals surface area contributed by atoms with Gasteiger partial charge in [-0.3, -0.25) is 9.69 Å². The minimum absolute atomic E-state index is 0. The molecule has 1 saturated heterocycles. The number of nitrogens with zero attached hydrogens (tertiary/aromatic N) is 1. The molecular formula is C19H31Cl2N3OS. The highest BCUT2D eigenvalue weighted by molar-refractivity contribution is 7.09. The molecule has 7 heteroatoms. The maximum Gasteiger partial charge on any atom is 0.224 e. The summed E-state index contributed by atoms with van der Waals surface area (Å²) in [5.41, 5.74) is 6.29. The Bertz CT molecular complexity index is 561. The summed E-state index contributed by atoms with van der Waals surface area (Å²) in [5.74, 6) is 2.10. The number of nitrogens with two attached hydrogens (primary N) is 1. The number of carbonyl (C=O) groups excluding carboxylic acids is 1. The van der Waals surface area contributed by atoms with Crippen molar-refractivity contribution in [2.75, 3.05) is 19.6 Å². The molecule has 1 amide bonds. The Hall–Kier alpha value is -0.330. The molecule has 4 nitrogen and oxygen atoms in total. The van der Waals surface area contributed by atoms with E-state index in [9.17, 15) is 4.79 Å². The van der Waals surface area contributed by atoms with Gasteiger partial charge >= 0.3 is 0 Å². The first-order valence-electron chi connectivity index (χ1n) is 9.48. The normalized spacial score (nSPS) is 31.3. The predicted molar refractivity (Wildman–Crippen MR) is 112 cm³/mol. The van der Waals surface area contributed by atoms with Crippen LogP contribution in [0.3, 0.4) is 0 Å². The number of nitrogens with one attached hydrogen (secondary N) is 1. The number of carbonyl (C=O) groups is 1. The Labute approximate surface area is 173 Å². The highest BCUT2D eigenvalue weighted by Crippen LogP contribution is 2.47. The molecule has 0 spiro atoms. The third-order valence-electron chi connectivity index (χ3n) is 6.52. The number of amides is 1. The second-order valence-electron chi connectivity index (χ2n) is 7.98. The van der Waals surface area contributed by atoms with Crippen molar-refractivity contribution in [1.82, 2.24) is 10.2 Å². The van der Waals surface area contributed by atoms with Gasteiger partial charge in [-0.25, -0.2) is 0 Å². The van der Waals surface area contributed by atoms with Gasteiger partial charge in [0.05, 0.1) is 5.92 Å². The molecule has 1 aromatic rings. The van der Waals surface area contributed by atoms with Crippen molar-refractivity contribution in [3.8, 4) is 0 Å². The number of fused-ring (bicyclic) bond motifs is 2. The van der Waals surface area contributed by atoms with Crippen molar-refractivity contribution < 1.29 is 4.79 Å². The second kappa shape index (κ2) is 9.74. The Balaban J connectivity index is 0.00000121. The standard InChI is InChI=1S/C19H29N3OS.2ClH/c20-18-15-4-3-14(10-15)17(18)19(23)21-11-13-5-7-22(8-6-13)12-16-2-1-9-24-16;;/h1-2,9,13-15,17-18H,3-8,10-12,20H2,(H,21,23);2*1H. The first-order valence-corrected chi connectivity index (χ1v) is 10.4.